The highest BCUT2D eigenvalue weighted by Gasteiger charge is 2.08. The van der Waals surface area contributed by atoms with E-state index in [4.69, 9.17) is 11.6 Å². The quantitative estimate of drug-likeness (QED) is 0.301. The molecular weight excluding hydrogens is 432 g/mol. The van der Waals surface area contributed by atoms with Gasteiger partial charge in [-0.1, -0.05) is 41.9 Å². The van der Waals surface area contributed by atoms with Gasteiger partial charge in [-0.05, 0) is 87.9 Å². The number of pyridine rings is 2. The zero-order chi connectivity index (χ0) is 19.7. The number of hydrogen-bond acceptors (Lipinski definition) is 2. The summed E-state index contributed by atoms with van der Waals surface area (Å²) in [6.07, 6.45) is 5.67. The van der Waals surface area contributed by atoms with Crippen molar-refractivity contribution in [3.05, 3.63) is 93.3 Å². The highest BCUT2D eigenvalue weighted by molar-refractivity contribution is 9.10. The Morgan fingerprint density at radius 3 is 2.64 bits per heavy atom. The van der Waals surface area contributed by atoms with Crippen LogP contribution in [0.1, 0.15) is 23.6 Å². The second-order valence-corrected chi connectivity index (χ2v) is 8.08. The van der Waals surface area contributed by atoms with Gasteiger partial charge in [0.1, 0.15) is 5.15 Å². The first-order valence-electron chi connectivity index (χ1n) is 8.97. The largest absolute Gasteiger partial charge is 0.263 e. The van der Waals surface area contributed by atoms with Crippen molar-refractivity contribution in [3.63, 3.8) is 0 Å². The lowest BCUT2D eigenvalue weighted by Crippen LogP contribution is -1.89. The van der Waals surface area contributed by atoms with Crippen molar-refractivity contribution in [2.24, 2.45) is 0 Å². The lowest BCUT2D eigenvalue weighted by molar-refractivity contribution is 1.29. The Labute approximate surface area is 178 Å². The Balaban J connectivity index is 1.80. The van der Waals surface area contributed by atoms with Gasteiger partial charge in [0.25, 0.3) is 0 Å². The average molecular weight is 450 g/mol. The molecule has 2 nitrogen and oxygen atoms in total. The summed E-state index contributed by atoms with van der Waals surface area (Å²) in [5, 5.41) is 1.56. The molecular formula is C24H18BrClN2. The monoisotopic (exact) mass is 448 g/mol. The molecule has 0 spiro atoms. The summed E-state index contributed by atoms with van der Waals surface area (Å²) in [5.41, 5.74) is 7.56. The van der Waals surface area contributed by atoms with E-state index in [2.05, 4.69) is 81.4 Å². The minimum Gasteiger partial charge on any atom is -0.263 e. The number of benzene rings is 2. The molecule has 138 valence electrons. The van der Waals surface area contributed by atoms with Gasteiger partial charge in [-0.25, -0.2) is 4.98 Å². The number of allylic oxidation sites excluding steroid dienone is 1. The topological polar surface area (TPSA) is 25.8 Å². The van der Waals surface area contributed by atoms with Crippen LogP contribution in [-0.2, 0) is 0 Å². The maximum absolute atomic E-state index is 6.47. The van der Waals surface area contributed by atoms with Crippen LogP contribution in [0.2, 0.25) is 5.15 Å². The normalized spacial score (nSPS) is 11.8. The molecule has 0 saturated heterocycles. The first kappa shape index (κ1) is 18.9. The lowest BCUT2D eigenvalue weighted by atomic mass is 9.98. The number of nitrogens with zero attached hydrogens (tertiary/aromatic N) is 2. The zero-order valence-electron chi connectivity index (χ0n) is 15.6. The van der Waals surface area contributed by atoms with Crippen LogP contribution < -0.4 is 0 Å². The molecule has 0 unspecified atom stereocenters. The van der Waals surface area contributed by atoms with Crippen molar-refractivity contribution in [2.75, 3.05) is 0 Å². The first-order valence-corrected chi connectivity index (χ1v) is 10.1. The summed E-state index contributed by atoms with van der Waals surface area (Å²) < 4.78 is 0.948. The Bertz CT molecular complexity index is 1210. The SMILES string of the molecule is CC(=Cc1cc2cc(-c3ccccc3C)ccc2nc1Cl)c1cncc(Br)c1. The predicted molar refractivity (Wildman–Crippen MR) is 122 cm³/mol. The molecule has 0 saturated carbocycles. The Hall–Kier alpha value is -2.49. The molecule has 0 amide bonds. The smallest absolute Gasteiger partial charge is 0.137 e. The summed E-state index contributed by atoms with van der Waals surface area (Å²) in [4.78, 5) is 8.83. The lowest BCUT2D eigenvalue weighted by Gasteiger charge is -2.09. The molecule has 0 aliphatic rings. The van der Waals surface area contributed by atoms with Crippen LogP contribution >= 0.6 is 27.5 Å². The Morgan fingerprint density at radius 2 is 1.86 bits per heavy atom. The van der Waals surface area contributed by atoms with Crippen LogP contribution in [0.5, 0.6) is 0 Å². The van der Waals surface area contributed by atoms with Crippen molar-refractivity contribution >= 4 is 50.1 Å². The molecule has 0 atom stereocenters. The van der Waals surface area contributed by atoms with Crippen LogP contribution in [0.15, 0.2) is 71.5 Å². The molecule has 2 heterocycles. The second kappa shape index (κ2) is 7.86. The van der Waals surface area contributed by atoms with Crippen molar-refractivity contribution in [1.29, 1.82) is 0 Å². The molecule has 0 fully saturated rings. The van der Waals surface area contributed by atoms with Gasteiger partial charge in [0.05, 0.1) is 5.52 Å². The van der Waals surface area contributed by atoms with E-state index < -0.39 is 0 Å². The van der Waals surface area contributed by atoms with E-state index in [-0.39, 0.29) is 0 Å². The number of fused-ring (bicyclic) bond motifs is 1. The van der Waals surface area contributed by atoms with Gasteiger partial charge in [-0.15, -0.1) is 0 Å². The maximum atomic E-state index is 6.47. The van der Waals surface area contributed by atoms with Crippen molar-refractivity contribution < 1.29 is 0 Å². The third-order valence-electron chi connectivity index (χ3n) is 4.78. The van der Waals surface area contributed by atoms with Gasteiger partial charge < -0.3 is 0 Å². The molecule has 4 rings (SSSR count). The van der Waals surface area contributed by atoms with E-state index in [0.717, 1.165) is 32.1 Å². The highest BCUT2D eigenvalue weighted by atomic mass is 79.9. The molecule has 2 aromatic heterocycles. The molecule has 4 aromatic rings. The Kier molecular flexibility index (Phi) is 5.29. The highest BCUT2D eigenvalue weighted by Crippen LogP contribution is 2.30. The Morgan fingerprint density at radius 1 is 1.04 bits per heavy atom. The molecule has 2 aromatic carbocycles. The van der Waals surface area contributed by atoms with Gasteiger partial charge in [-0.3, -0.25) is 4.98 Å². The average Bonchev–Trinajstić information content (AvgIpc) is 2.68. The standard InChI is InChI=1S/C24H18BrClN2/c1-15-5-3-4-6-22(15)17-7-8-23-18(10-17)11-19(24(26)28-23)9-16(2)20-12-21(25)14-27-13-20/h3-14H,1-2H3. The van der Waals surface area contributed by atoms with E-state index in [1.807, 2.05) is 25.3 Å². The zero-order valence-corrected chi connectivity index (χ0v) is 17.9. The number of rotatable bonds is 3. The summed E-state index contributed by atoms with van der Waals surface area (Å²) >= 11 is 9.94. The fraction of sp³-hybridized carbons (Fsp3) is 0.0833. The molecule has 0 N–H and O–H groups in total. The number of aryl methyl sites for hydroxylation is 1. The van der Waals surface area contributed by atoms with Crippen LogP contribution in [-0.4, -0.2) is 9.97 Å². The molecule has 0 bridgehead atoms. The molecule has 0 aliphatic heterocycles. The number of hydrogen-bond donors (Lipinski definition) is 0. The molecule has 0 aliphatic carbocycles. The van der Waals surface area contributed by atoms with E-state index in [1.165, 1.54) is 16.7 Å². The van der Waals surface area contributed by atoms with E-state index in [0.29, 0.717) is 5.15 Å². The second-order valence-electron chi connectivity index (χ2n) is 6.81. The molecule has 28 heavy (non-hydrogen) atoms. The minimum absolute atomic E-state index is 0.499. The fourth-order valence-corrected chi connectivity index (χ4v) is 3.84. The van der Waals surface area contributed by atoms with Gasteiger partial charge >= 0.3 is 0 Å². The first-order chi connectivity index (χ1) is 13.5. The maximum Gasteiger partial charge on any atom is 0.137 e. The van der Waals surface area contributed by atoms with Gasteiger partial charge in [0, 0.05) is 27.8 Å². The third-order valence-corrected chi connectivity index (χ3v) is 5.52. The van der Waals surface area contributed by atoms with Crippen molar-refractivity contribution in [3.8, 4) is 11.1 Å². The fourth-order valence-electron chi connectivity index (χ4n) is 3.28. The molecule has 0 radical (unpaired) electrons. The van der Waals surface area contributed by atoms with E-state index in [1.54, 1.807) is 6.20 Å². The molecule has 4 heteroatoms. The van der Waals surface area contributed by atoms with Crippen LogP contribution in [0, 0.1) is 6.92 Å². The summed E-state index contributed by atoms with van der Waals surface area (Å²) in [6, 6.07) is 18.8. The van der Waals surface area contributed by atoms with Crippen LogP contribution in [0.25, 0.3) is 33.7 Å². The van der Waals surface area contributed by atoms with Crippen molar-refractivity contribution in [1.82, 2.24) is 9.97 Å². The van der Waals surface area contributed by atoms with Gasteiger partial charge in [0.15, 0.2) is 0 Å². The van der Waals surface area contributed by atoms with Crippen LogP contribution in [0.3, 0.4) is 0 Å². The third kappa shape index (κ3) is 3.87. The summed E-state index contributed by atoms with van der Waals surface area (Å²) in [7, 11) is 0. The number of halogens is 2. The minimum atomic E-state index is 0.499. The van der Waals surface area contributed by atoms with Gasteiger partial charge in [0.2, 0.25) is 0 Å². The van der Waals surface area contributed by atoms with Gasteiger partial charge in [-0.2, -0.15) is 0 Å². The summed E-state index contributed by atoms with van der Waals surface area (Å²) in [6.45, 7) is 4.18. The summed E-state index contributed by atoms with van der Waals surface area (Å²) in [5.74, 6) is 0. The van der Waals surface area contributed by atoms with Crippen molar-refractivity contribution in [2.45, 2.75) is 13.8 Å². The predicted octanol–water partition coefficient (Wildman–Crippen LogP) is 7.58. The van der Waals surface area contributed by atoms with E-state index >= 15 is 0 Å². The number of aromatic nitrogens is 2. The van der Waals surface area contributed by atoms with Crippen LogP contribution in [0.4, 0.5) is 0 Å². The van der Waals surface area contributed by atoms with E-state index in [9.17, 15) is 0 Å².